The molecule has 0 saturated carbocycles. The zero-order valence-electron chi connectivity index (χ0n) is 14.5. The molecule has 0 unspecified atom stereocenters. The van der Waals surface area contributed by atoms with Crippen molar-refractivity contribution < 1.29 is 9.72 Å². The van der Waals surface area contributed by atoms with Crippen LogP contribution in [0.25, 0.3) is 5.69 Å². The molecule has 0 saturated heterocycles. The molecule has 1 N–H and O–H groups in total. The van der Waals surface area contributed by atoms with Gasteiger partial charge in [-0.3, -0.25) is 19.6 Å². The van der Waals surface area contributed by atoms with E-state index in [2.05, 4.69) is 10.4 Å². The minimum absolute atomic E-state index is 0.0431. The lowest BCUT2D eigenvalue weighted by atomic mass is 10.2. The second-order valence-electron chi connectivity index (χ2n) is 5.97. The zero-order valence-corrected chi connectivity index (χ0v) is 14.5. The van der Waals surface area contributed by atoms with E-state index in [0.717, 1.165) is 11.3 Å². The molecule has 0 radical (unpaired) electrons. The Morgan fingerprint density at radius 2 is 1.85 bits per heavy atom. The van der Waals surface area contributed by atoms with Crippen LogP contribution in [-0.4, -0.2) is 25.2 Å². The third-order valence-electron chi connectivity index (χ3n) is 4.15. The number of amides is 1. The average Bonchev–Trinajstić information content (AvgIpc) is 3.22. The quantitative estimate of drug-likeness (QED) is 0.544. The summed E-state index contributed by atoms with van der Waals surface area (Å²) in [6, 6.07) is 11.8. The first-order valence-corrected chi connectivity index (χ1v) is 8.13. The highest BCUT2D eigenvalue weighted by Crippen LogP contribution is 2.21. The first kappa shape index (κ1) is 17.4. The average molecular weight is 353 g/mol. The Morgan fingerprint density at radius 1 is 1.19 bits per heavy atom. The van der Waals surface area contributed by atoms with Gasteiger partial charge >= 0.3 is 5.69 Å². The van der Waals surface area contributed by atoms with E-state index in [9.17, 15) is 14.9 Å². The molecule has 1 amide bonds. The predicted molar refractivity (Wildman–Crippen MR) is 96.0 cm³/mol. The molecule has 0 aliphatic heterocycles. The molecule has 0 atom stereocenters. The summed E-state index contributed by atoms with van der Waals surface area (Å²) in [7, 11) is 0. The summed E-state index contributed by atoms with van der Waals surface area (Å²) in [6.07, 6.45) is 3.93. The smallest absolute Gasteiger partial charge is 0.312 e. The monoisotopic (exact) mass is 353 g/mol. The van der Waals surface area contributed by atoms with Crippen LogP contribution in [0, 0.1) is 24.0 Å². The third-order valence-corrected chi connectivity index (χ3v) is 4.15. The van der Waals surface area contributed by atoms with E-state index in [1.54, 1.807) is 13.8 Å². The number of nitrogens with one attached hydrogen (secondary N) is 1. The Labute approximate surface area is 150 Å². The molecule has 0 fully saturated rings. The Hall–Kier alpha value is -3.42. The van der Waals surface area contributed by atoms with Gasteiger partial charge in [0.05, 0.1) is 4.92 Å². The fourth-order valence-corrected chi connectivity index (χ4v) is 2.79. The number of aromatic nitrogens is 3. The van der Waals surface area contributed by atoms with Crippen LogP contribution in [0.5, 0.6) is 0 Å². The Balaban J connectivity index is 1.59. The Morgan fingerprint density at radius 3 is 2.42 bits per heavy atom. The summed E-state index contributed by atoms with van der Waals surface area (Å²) in [4.78, 5) is 22.7. The van der Waals surface area contributed by atoms with Crippen LogP contribution in [-0.2, 0) is 17.9 Å². The highest BCUT2D eigenvalue weighted by molar-refractivity contribution is 5.75. The number of aryl methyl sites for hydroxylation is 1. The topological polar surface area (TPSA) is 95.0 Å². The van der Waals surface area contributed by atoms with Gasteiger partial charge in [0.25, 0.3) is 0 Å². The van der Waals surface area contributed by atoms with Crippen LogP contribution < -0.4 is 5.32 Å². The lowest BCUT2D eigenvalue weighted by molar-refractivity contribution is -0.386. The highest BCUT2D eigenvalue weighted by atomic mass is 16.6. The molecule has 1 aromatic carbocycles. The molecule has 8 nitrogen and oxygen atoms in total. The predicted octanol–water partition coefficient (Wildman–Crippen LogP) is 2.52. The first-order chi connectivity index (χ1) is 12.5. The number of carbonyl (C=O) groups is 1. The van der Waals surface area contributed by atoms with E-state index in [1.807, 2.05) is 53.4 Å². The summed E-state index contributed by atoms with van der Waals surface area (Å²) in [5.74, 6) is -0.250. The maximum absolute atomic E-state index is 12.1. The second kappa shape index (κ2) is 7.22. The molecule has 0 aliphatic carbocycles. The molecular formula is C18H19N5O3. The van der Waals surface area contributed by atoms with Crippen molar-refractivity contribution >= 4 is 11.6 Å². The van der Waals surface area contributed by atoms with Gasteiger partial charge in [-0.15, -0.1) is 0 Å². The van der Waals surface area contributed by atoms with Gasteiger partial charge in [0.15, 0.2) is 0 Å². The minimum Gasteiger partial charge on any atom is -0.350 e. The van der Waals surface area contributed by atoms with E-state index >= 15 is 0 Å². The van der Waals surface area contributed by atoms with Gasteiger partial charge in [0, 0.05) is 24.6 Å². The molecule has 0 spiro atoms. The van der Waals surface area contributed by atoms with E-state index in [4.69, 9.17) is 0 Å². The van der Waals surface area contributed by atoms with Gasteiger partial charge in [-0.1, -0.05) is 12.1 Å². The largest absolute Gasteiger partial charge is 0.350 e. The number of benzene rings is 1. The number of hydrogen-bond acceptors (Lipinski definition) is 4. The standard InChI is InChI=1S/C18H19N5O3/c1-13-18(23(25)26)14(2)22(20-13)12-17(24)19-11-15-5-7-16(8-6-15)21-9-3-4-10-21/h3-10H,11-12H2,1-2H3,(H,19,24). The summed E-state index contributed by atoms with van der Waals surface area (Å²) in [5.41, 5.74) is 2.65. The normalized spacial score (nSPS) is 10.7. The van der Waals surface area contributed by atoms with Crippen LogP contribution >= 0.6 is 0 Å². The van der Waals surface area contributed by atoms with Crippen LogP contribution in [0.15, 0.2) is 48.8 Å². The van der Waals surface area contributed by atoms with Gasteiger partial charge < -0.3 is 9.88 Å². The fourth-order valence-electron chi connectivity index (χ4n) is 2.79. The summed E-state index contributed by atoms with van der Waals surface area (Å²) in [5, 5.41) is 17.9. The molecule has 3 rings (SSSR count). The molecule has 3 aromatic rings. The van der Waals surface area contributed by atoms with Crippen molar-refractivity contribution in [2.75, 3.05) is 0 Å². The first-order valence-electron chi connectivity index (χ1n) is 8.13. The Kier molecular flexibility index (Phi) is 4.83. The van der Waals surface area contributed by atoms with Crippen LogP contribution in [0.3, 0.4) is 0 Å². The molecule has 8 heteroatoms. The third kappa shape index (κ3) is 3.64. The highest BCUT2D eigenvalue weighted by Gasteiger charge is 2.22. The SMILES string of the molecule is Cc1nn(CC(=O)NCc2ccc(-n3cccc3)cc2)c(C)c1[N+](=O)[O-]. The summed E-state index contributed by atoms with van der Waals surface area (Å²) < 4.78 is 3.36. The number of nitro groups is 1. The van der Waals surface area contributed by atoms with Crippen LogP contribution in [0.1, 0.15) is 17.0 Å². The molecule has 0 bridgehead atoms. The fraction of sp³-hybridized carbons (Fsp3) is 0.222. The summed E-state index contributed by atoms with van der Waals surface area (Å²) in [6.45, 7) is 3.48. The van der Waals surface area contributed by atoms with Gasteiger partial charge in [0.2, 0.25) is 5.91 Å². The van der Waals surface area contributed by atoms with E-state index in [-0.39, 0.29) is 18.1 Å². The Bertz CT molecular complexity index is 927. The van der Waals surface area contributed by atoms with Gasteiger partial charge in [0.1, 0.15) is 17.9 Å². The lowest BCUT2D eigenvalue weighted by Crippen LogP contribution is -2.28. The maximum Gasteiger partial charge on any atom is 0.312 e. The molecule has 26 heavy (non-hydrogen) atoms. The van der Waals surface area contributed by atoms with Crippen molar-refractivity contribution in [2.45, 2.75) is 26.9 Å². The summed E-state index contributed by atoms with van der Waals surface area (Å²) >= 11 is 0. The maximum atomic E-state index is 12.1. The van der Waals surface area contributed by atoms with Crippen LogP contribution in [0.2, 0.25) is 0 Å². The van der Waals surface area contributed by atoms with Crippen molar-refractivity contribution in [3.8, 4) is 5.69 Å². The zero-order chi connectivity index (χ0) is 18.7. The number of hydrogen-bond donors (Lipinski definition) is 1. The lowest BCUT2D eigenvalue weighted by Gasteiger charge is -2.08. The number of rotatable bonds is 6. The number of carbonyl (C=O) groups excluding carboxylic acids is 1. The van der Waals surface area contributed by atoms with Crippen LogP contribution in [0.4, 0.5) is 5.69 Å². The molecule has 0 aliphatic rings. The van der Waals surface area contributed by atoms with Gasteiger partial charge in [-0.05, 0) is 43.7 Å². The van der Waals surface area contributed by atoms with Crippen molar-refractivity contribution in [3.63, 3.8) is 0 Å². The van der Waals surface area contributed by atoms with Crippen molar-refractivity contribution in [1.29, 1.82) is 0 Å². The molecule has 2 heterocycles. The van der Waals surface area contributed by atoms with E-state index in [1.165, 1.54) is 4.68 Å². The molecule has 134 valence electrons. The second-order valence-corrected chi connectivity index (χ2v) is 5.97. The minimum atomic E-state index is -0.474. The van der Waals surface area contributed by atoms with Gasteiger partial charge in [-0.25, -0.2) is 0 Å². The van der Waals surface area contributed by atoms with Crippen molar-refractivity contribution in [2.24, 2.45) is 0 Å². The molecule has 2 aromatic heterocycles. The van der Waals surface area contributed by atoms with Gasteiger partial charge in [-0.2, -0.15) is 5.10 Å². The number of nitrogens with zero attached hydrogens (tertiary/aromatic N) is 4. The van der Waals surface area contributed by atoms with Crippen molar-refractivity contribution in [3.05, 3.63) is 75.9 Å². The van der Waals surface area contributed by atoms with Crippen molar-refractivity contribution in [1.82, 2.24) is 19.7 Å². The van der Waals surface area contributed by atoms with E-state index < -0.39 is 4.92 Å². The van der Waals surface area contributed by atoms with E-state index in [0.29, 0.717) is 17.9 Å². The molecular weight excluding hydrogens is 334 g/mol.